The van der Waals surface area contributed by atoms with E-state index in [-0.39, 0.29) is 18.1 Å². The van der Waals surface area contributed by atoms with Crippen LogP contribution in [0.2, 0.25) is 0 Å². The van der Waals surface area contributed by atoms with Crippen molar-refractivity contribution in [3.8, 4) is 5.88 Å². The van der Waals surface area contributed by atoms with Gasteiger partial charge in [0.15, 0.2) is 0 Å². The number of hydrogen-bond acceptors (Lipinski definition) is 4. The number of ether oxygens (including phenoxy) is 1. The van der Waals surface area contributed by atoms with Crippen molar-refractivity contribution in [1.82, 2.24) is 4.98 Å². The molecule has 0 radical (unpaired) electrons. The Bertz CT molecular complexity index is 528. The summed E-state index contributed by atoms with van der Waals surface area (Å²) in [6, 6.07) is 2.74. The first-order valence-electron chi connectivity index (χ1n) is 4.69. The van der Waals surface area contributed by atoms with Crippen LogP contribution in [-0.4, -0.2) is 16.1 Å². The van der Waals surface area contributed by atoms with Crippen LogP contribution in [0.5, 0.6) is 5.88 Å². The molecule has 4 nitrogen and oxygen atoms in total. The number of rotatable bonds is 4. The topological polar surface area (TPSA) is 59.4 Å². The van der Waals surface area contributed by atoms with Crippen molar-refractivity contribution in [2.45, 2.75) is 6.61 Å². The quantitative estimate of drug-likeness (QED) is 0.909. The van der Waals surface area contributed by atoms with E-state index in [1.807, 2.05) is 16.8 Å². The molecule has 0 atom stereocenters. The van der Waals surface area contributed by atoms with Crippen molar-refractivity contribution in [3.05, 3.63) is 46.0 Å². The molecule has 0 spiro atoms. The zero-order valence-electron chi connectivity index (χ0n) is 8.59. The lowest BCUT2D eigenvalue weighted by molar-refractivity contribution is 0.0690. The lowest BCUT2D eigenvalue weighted by atomic mass is 10.2. The number of hydrogen-bond donors (Lipinski definition) is 1. The summed E-state index contributed by atoms with van der Waals surface area (Å²) >= 11 is 1.51. The zero-order valence-corrected chi connectivity index (χ0v) is 9.41. The third-order valence-corrected chi connectivity index (χ3v) is 2.74. The number of carbonyl (C=O) groups is 1. The number of carboxylic acid groups (broad SMARTS) is 1. The highest BCUT2D eigenvalue weighted by atomic mass is 32.1. The normalized spacial score (nSPS) is 10.2. The van der Waals surface area contributed by atoms with E-state index < -0.39 is 11.8 Å². The van der Waals surface area contributed by atoms with Crippen molar-refractivity contribution >= 4 is 17.3 Å². The SMILES string of the molecule is O=C(O)c1cc(F)cnc1OCc1ccsc1. The van der Waals surface area contributed by atoms with Crippen molar-refractivity contribution in [1.29, 1.82) is 0 Å². The standard InChI is InChI=1S/C11H8FNO3S/c12-8-3-9(11(14)15)10(13-4-8)16-5-7-1-2-17-6-7/h1-4,6H,5H2,(H,14,15). The second kappa shape index (κ2) is 4.92. The van der Waals surface area contributed by atoms with E-state index in [4.69, 9.17) is 9.84 Å². The number of pyridine rings is 1. The van der Waals surface area contributed by atoms with Gasteiger partial charge in [-0.1, -0.05) is 0 Å². The van der Waals surface area contributed by atoms with E-state index in [2.05, 4.69) is 4.98 Å². The maximum atomic E-state index is 12.8. The summed E-state index contributed by atoms with van der Waals surface area (Å²) in [6.45, 7) is 0.211. The van der Waals surface area contributed by atoms with E-state index in [0.717, 1.165) is 17.8 Å². The molecule has 0 aliphatic rings. The Labute approximate surface area is 100 Å². The predicted octanol–water partition coefficient (Wildman–Crippen LogP) is 2.56. The largest absolute Gasteiger partial charge is 0.477 e. The molecule has 17 heavy (non-hydrogen) atoms. The zero-order chi connectivity index (χ0) is 12.3. The first kappa shape index (κ1) is 11.5. The third kappa shape index (κ3) is 2.79. The van der Waals surface area contributed by atoms with Gasteiger partial charge < -0.3 is 9.84 Å². The van der Waals surface area contributed by atoms with Gasteiger partial charge in [0.2, 0.25) is 5.88 Å². The fourth-order valence-electron chi connectivity index (χ4n) is 1.22. The average Bonchev–Trinajstić information content (AvgIpc) is 2.80. The highest BCUT2D eigenvalue weighted by Gasteiger charge is 2.14. The number of aromatic nitrogens is 1. The van der Waals surface area contributed by atoms with Gasteiger partial charge in [-0.3, -0.25) is 0 Å². The highest BCUT2D eigenvalue weighted by molar-refractivity contribution is 7.07. The smallest absolute Gasteiger partial charge is 0.341 e. The van der Waals surface area contributed by atoms with Crippen LogP contribution in [0.3, 0.4) is 0 Å². The third-order valence-electron chi connectivity index (χ3n) is 2.00. The van der Waals surface area contributed by atoms with Crippen molar-refractivity contribution in [2.24, 2.45) is 0 Å². The molecule has 2 rings (SSSR count). The summed E-state index contributed by atoms with van der Waals surface area (Å²) in [5.74, 6) is -2.05. The van der Waals surface area contributed by atoms with Crippen LogP contribution in [0.25, 0.3) is 0 Å². The molecule has 0 unspecified atom stereocenters. The molecule has 0 fully saturated rings. The summed E-state index contributed by atoms with van der Waals surface area (Å²) in [5.41, 5.74) is 0.637. The Balaban J connectivity index is 2.17. The lowest BCUT2D eigenvalue weighted by Crippen LogP contribution is -2.05. The van der Waals surface area contributed by atoms with Crippen molar-refractivity contribution in [3.63, 3.8) is 0 Å². The number of aromatic carboxylic acids is 1. The molecule has 2 heterocycles. The first-order valence-corrected chi connectivity index (χ1v) is 5.64. The minimum atomic E-state index is -1.27. The molecular formula is C11H8FNO3S. The molecule has 0 aromatic carbocycles. The van der Waals surface area contributed by atoms with E-state index in [9.17, 15) is 9.18 Å². The fourth-order valence-corrected chi connectivity index (χ4v) is 1.87. The minimum Gasteiger partial charge on any atom is -0.477 e. The number of thiophene rings is 1. The second-order valence-corrected chi connectivity index (χ2v) is 4.01. The fraction of sp³-hybridized carbons (Fsp3) is 0.0909. The molecule has 0 amide bonds. The van der Waals surface area contributed by atoms with Gasteiger partial charge in [0, 0.05) is 5.56 Å². The Morgan fingerprint density at radius 1 is 1.59 bits per heavy atom. The van der Waals surface area contributed by atoms with Gasteiger partial charge >= 0.3 is 5.97 Å². The summed E-state index contributed by atoms with van der Waals surface area (Å²) < 4.78 is 18.1. The van der Waals surface area contributed by atoms with Gasteiger partial charge in [0.25, 0.3) is 0 Å². The van der Waals surface area contributed by atoms with Crippen LogP contribution in [0.1, 0.15) is 15.9 Å². The summed E-state index contributed by atoms with van der Waals surface area (Å²) in [4.78, 5) is 14.5. The van der Waals surface area contributed by atoms with Crippen molar-refractivity contribution < 1.29 is 19.0 Å². The molecule has 0 bridgehead atoms. The minimum absolute atomic E-state index is 0.0786. The van der Waals surface area contributed by atoms with Crippen LogP contribution in [0.4, 0.5) is 4.39 Å². The van der Waals surface area contributed by atoms with Crippen LogP contribution >= 0.6 is 11.3 Å². The molecule has 6 heteroatoms. The maximum absolute atomic E-state index is 12.8. The summed E-state index contributed by atoms with van der Waals surface area (Å²) in [6.07, 6.45) is 0.926. The average molecular weight is 253 g/mol. The molecule has 2 aromatic rings. The van der Waals surface area contributed by atoms with E-state index >= 15 is 0 Å². The second-order valence-electron chi connectivity index (χ2n) is 3.23. The maximum Gasteiger partial charge on any atom is 0.341 e. The van der Waals surface area contributed by atoms with E-state index in [1.54, 1.807) is 0 Å². The Hall–Kier alpha value is -1.95. The van der Waals surface area contributed by atoms with Crippen LogP contribution in [0.15, 0.2) is 29.1 Å². The molecule has 0 saturated heterocycles. The van der Waals surface area contributed by atoms with Gasteiger partial charge in [0.1, 0.15) is 18.0 Å². The number of nitrogens with zero attached hydrogens (tertiary/aromatic N) is 1. The number of halogens is 1. The van der Waals surface area contributed by atoms with Crippen LogP contribution < -0.4 is 4.74 Å². The molecule has 0 aliphatic heterocycles. The molecule has 2 aromatic heterocycles. The Morgan fingerprint density at radius 3 is 3.06 bits per heavy atom. The van der Waals surface area contributed by atoms with Gasteiger partial charge in [-0.25, -0.2) is 14.2 Å². The van der Waals surface area contributed by atoms with E-state index in [0.29, 0.717) is 0 Å². The monoisotopic (exact) mass is 253 g/mol. The van der Waals surface area contributed by atoms with E-state index in [1.165, 1.54) is 11.3 Å². The van der Waals surface area contributed by atoms with Crippen LogP contribution in [0, 0.1) is 5.82 Å². The Kier molecular flexibility index (Phi) is 3.34. The summed E-state index contributed by atoms with van der Waals surface area (Å²) in [5, 5.41) is 12.6. The van der Waals surface area contributed by atoms with Gasteiger partial charge in [-0.15, -0.1) is 0 Å². The van der Waals surface area contributed by atoms with Crippen molar-refractivity contribution in [2.75, 3.05) is 0 Å². The number of carboxylic acids is 1. The lowest BCUT2D eigenvalue weighted by Gasteiger charge is -2.06. The predicted molar refractivity (Wildman–Crippen MR) is 59.8 cm³/mol. The molecule has 0 aliphatic carbocycles. The molecule has 1 N–H and O–H groups in total. The molecule has 0 saturated carbocycles. The van der Waals surface area contributed by atoms with Gasteiger partial charge in [-0.2, -0.15) is 11.3 Å². The molecular weight excluding hydrogens is 245 g/mol. The first-order chi connectivity index (χ1) is 8.16. The van der Waals surface area contributed by atoms with Gasteiger partial charge in [0.05, 0.1) is 6.20 Å². The molecule has 88 valence electrons. The summed E-state index contributed by atoms with van der Waals surface area (Å²) in [7, 11) is 0. The van der Waals surface area contributed by atoms with Crippen LogP contribution in [-0.2, 0) is 6.61 Å². The Morgan fingerprint density at radius 2 is 2.41 bits per heavy atom. The van der Waals surface area contributed by atoms with Gasteiger partial charge in [-0.05, 0) is 22.9 Å². The highest BCUT2D eigenvalue weighted by Crippen LogP contribution is 2.18.